The van der Waals surface area contributed by atoms with Crippen LogP contribution in [0.4, 0.5) is 0 Å². The zero-order valence-corrected chi connectivity index (χ0v) is 9.38. The summed E-state index contributed by atoms with van der Waals surface area (Å²) in [4.78, 5) is 11.5. The summed E-state index contributed by atoms with van der Waals surface area (Å²) in [5, 5.41) is 6.51. The topological polar surface area (TPSA) is 55.1 Å². The Morgan fingerprint density at radius 2 is 2.27 bits per heavy atom. The van der Waals surface area contributed by atoms with Crippen LogP contribution in [-0.2, 0) is 6.42 Å². The number of aromatic nitrogens is 1. The Hall–Kier alpha value is -1.32. The Labute approximate surface area is 90.0 Å². The first kappa shape index (κ1) is 11.8. The van der Waals surface area contributed by atoms with Crippen LogP contribution in [-0.4, -0.2) is 17.6 Å². The molecule has 0 saturated carbocycles. The van der Waals surface area contributed by atoms with Crippen molar-refractivity contribution in [3.05, 3.63) is 17.5 Å². The lowest BCUT2D eigenvalue weighted by atomic mass is 10.2. The number of unbranched alkanes of at least 4 members (excludes halogenated alkanes) is 2. The molecule has 0 saturated heterocycles. The molecule has 0 unspecified atom stereocenters. The smallest absolute Gasteiger partial charge is 0.273 e. The molecule has 0 atom stereocenters. The molecular formula is C11H18N2O2. The Morgan fingerprint density at radius 3 is 2.87 bits per heavy atom. The zero-order valence-electron chi connectivity index (χ0n) is 9.38. The summed E-state index contributed by atoms with van der Waals surface area (Å²) in [6.45, 7) is 4.80. The molecule has 0 bridgehead atoms. The van der Waals surface area contributed by atoms with E-state index in [9.17, 15) is 4.79 Å². The molecule has 0 aliphatic carbocycles. The van der Waals surface area contributed by atoms with Gasteiger partial charge in [0.1, 0.15) is 5.76 Å². The molecule has 1 rings (SSSR count). The second-order valence-corrected chi connectivity index (χ2v) is 3.50. The number of carbonyl (C=O) groups excluding carboxylic acids is 1. The van der Waals surface area contributed by atoms with Crippen LogP contribution in [0.1, 0.15) is 49.4 Å². The van der Waals surface area contributed by atoms with E-state index in [1.807, 2.05) is 6.92 Å². The van der Waals surface area contributed by atoms with Gasteiger partial charge in [-0.1, -0.05) is 31.8 Å². The van der Waals surface area contributed by atoms with Gasteiger partial charge in [0.15, 0.2) is 5.69 Å². The Balaban J connectivity index is 2.33. The van der Waals surface area contributed by atoms with E-state index in [1.165, 1.54) is 0 Å². The van der Waals surface area contributed by atoms with Gasteiger partial charge < -0.3 is 9.84 Å². The number of hydrogen-bond donors (Lipinski definition) is 1. The maximum absolute atomic E-state index is 11.5. The summed E-state index contributed by atoms with van der Waals surface area (Å²) in [7, 11) is 0. The van der Waals surface area contributed by atoms with E-state index in [2.05, 4.69) is 17.4 Å². The number of nitrogens with zero attached hydrogens (tertiary/aromatic N) is 1. The molecule has 1 aromatic rings. The Kier molecular flexibility index (Phi) is 4.87. The van der Waals surface area contributed by atoms with Crippen molar-refractivity contribution in [2.45, 2.75) is 39.5 Å². The molecule has 1 aromatic heterocycles. The van der Waals surface area contributed by atoms with E-state index in [4.69, 9.17) is 4.52 Å². The molecule has 1 amide bonds. The normalized spacial score (nSPS) is 10.3. The number of hydrogen-bond acceptors (Lipinski definition) is 3. The first-order valence-electron chi connectivity index (χ1n) is 5.51. The van der Waals surface area contributed by atoms with Gasteiger partial charge in [0.25, 0.3) is 5.91 Å². The van der Waals surface area contributed by atoms with E-state index in [0.29, 0.717) is 12.2 Å². The van der Waals surface area contributed by atoms with Crippen molar-refractivity contribution in [3.8, 4) is 0 Å². The first-order chi connectivity index (χ1) is 7.27. The second kappa shape index (κ2) is 6.22. The molecule has 0 aliphatic rings. The van der Waals surface area contributed by atoms with E-state index in [0.717, 1.165) is 31.4 Å². The fraction of sp³-hybridized carbons (Fsp3) is 0.636. The van der Waals surface area contributed by atoms with Crippen LogP contribution in [0.3, 0.4) is 0 Å². The maximum Gasteiger partial charge on any atom is 0.273 e. The summed E-state index contributed by atoms with van der Waals surface area (Å²) in [5.74, 6) is 0.600. The van der Waals surface area contributed by atoms with Crippen LogP contribution in [0.25, 0.3) is 0 Å². The van der Waals surface area contributed by atoms with Crippen LogP contribution >= 0.6 is 0 Å². The van der Waals surface area contributed by atoms with Crippen LogP contribution in [0, 0.1) is 0 Å². The third kappa shape index (κ3) is 3.73. The van der Waals surface area contributed by atoms with Crippen LogP contribution in [0.15, 0.2) is 10.6 Å². The lowest BCUT2D eigenvalue weighted by Crippen LogP contribution is -2.24. The average molecular weight is 210 g/mol. The Bertz CT molecular complexity index is 307. The van der Waals surface area contributed by atoms with Gasteiger partial charge in [0.2, 0.25) is 0 Å². The third-order valence-electron chi connectivity index (χ3n) is 2.21. The highest BCUT2D eigenvalue weighted by atomic mass is 16.5. The standard InChI is InChI=1S/C11H18N2O2/c1-3-5-6-7-12-11(14)10-8-9(4-2)15-13-10/h8H,3-7H2,1-2H3,(H,12,14). The fourth-order valence-corrected chi connectivity index (χ4v) is 1.25. The monoisotopic (exact) mass is 210 g/mol. The molecule has 0 aromatic carbocycles. The highest BCUT2D eigenvalue weighted by molar-refractivity contribution is 5.92. The van der Waals surface area contributed by atoms with Crippen molar-refractivity contribution in [2.75, 3.05) is 6.54 Å². The quantitative estimate of drug-likeness (QED) is 0.732. The van der Waals surface area contributed by atoms with Crippen molar-refractivity contribution >= 4 is 5.91 Å². The van der Waals surface area contributed by atoms with Gasteiger partial charge >= 0.3 is 0 Å². The summed E-state index contributed by atoms with van der Waals surface area (Å²) < 4.78 is 4.95. The van der Waals surface area contributed by atoms with Crippen LogP contribution in [0.5, 0.6) is 0 Å². The largest absolute Gasteiger partial charge is 0.361 e. The van der Waals surface area contributed by atoms with Gasteiger partial charge in [-0.15, -0.1) is 0 Å². The van der Waals surface area contributed by atoms with Gasteiger partial charge in [0, 0.05) is 19.0 Å². The van der Waals surface area contributed by atoms with Gasteiger partial charge in [-0.3, -0.25) is 4.79 Å². The maximum atomic E-state index is 11.5. The predicted molar refractivity (Wildman–Crippen MR) is 57.7 cm³/mol. The van der Waals surface area contributed by atoms with Crippen molar-refractivity contribution in [1.29, 1.82) is 0 Å². The van der Waals surface area contributed by atoms with Crippen LogP contribution < -0.4 is 5.32 Å². The van der Waals surface area contributed by atoms with Crippen molar-refractivity contribution in [3.63, 3.8) is 0 Å². The Morgan fingerprint density at radius 1 is 1.47 bits per heavy atom. The molecular weight excluding hydrogens is 192 g/mol. The van der Waals surface area contributed by atoms with Gasteiger partial charge in [0.05, 0.1) is 0 Å². The van der Waals surface area contributed by atoms with E-state index in [-0.39, 0.29) is 5.91 Å². The molecule has 84 valence electrons. The summed E-state index contributed by atoms with van der Waals surface area (Å²) in [6.07, 6.45) is 4.07. The van der Waals surface area contributed by atoms with Gasteiger partial charge in [-0.2, -0.15) is 0 Å². The van der Waals surface area contributed by atoms with Gasteiger partial charge in [-0.25, -0.2) is 0 Å². The minimum absolute atomic E-state index is 0.144. The molecule has 4 nitrogen and oxygen atoms in total. The molecule has 1 N–H and O–H groups in total. The molecule has 0 radical (unpaired) electrons. The average Bonchev–Trinajstić information content (AvgIpc) is 2.72. The molecule has 0 spiro atoms. The summed E-state index contributed by atoms with van der Waals surface area (Å²) in [5.41, 5.74) is 0.378. The third-order valence-corrected chi connectivity index (χ3v) is 2.21. The molecule has 15 heavy (non-hydrogen) atoms. The highest BCUT2D eigenvalue weighted by Crippen LogP contribution is 2.03. The SMILES string of the molecule is CCCCCNC(=O)c1cc(CC)on1. The molecule has 0 fully saturated rings. The molecule has 1 heterocycles. The lowest BCUT2D eigenvalue weighted by molar-refractivity contribution is 0.0944. The van der Waals surface area contributed by atoms with Crippen molar-refractivity contribution in [1.82, 2.24) is 10.5 Å². The first-order valence-corrected chi connectivity index (χ1v) is 5.51. The minimum Gasteiger partial charge on any atom is -0.361 e. The second-order valence-electron chi connectivity index (χ2n) is 3.50. The fourth-order valence-electron chi connectivity index (χ4n) is 1.25. The molecule has 4 heteroatoms. The number of carbonyl (C=O) groups is 1. The van der Waals surface area contributed by atoms with Crippen LogP contribution in [0.2, 0.25) is 0 Å². The predicted octanol–water partition coefficient (Wildman–Crippen LogP) is 2.16. The molecule has 0 aliphatic heterocycles. The van der Waals surface area contributed by atoms with Crippen molar-refractivity contribution < 1.29 is 9.32 Å². The number of amides is 1. The summed E-state index contributed by atoms with van der Waals surface area (Å²) in [6, 6.07) is 1.69. The highest BCUT2D eigenvalue weighted by Gasteiger charge is 2.10. The van der Waals surface area contributed by atoms with Crippen molar-refractivity contribution in [2.24, 2.45) is 0 Å². The number of aryl methyl sites for hydroxylation is 1. The van der Waals surface area contributed by atoms with E-state index >= 15 is 0 Å². The van der Waals surface area contributed by atoms with E-state index in [1.54, 1.807) is 6.07 Å². The van der Waals surface area contributed by atoms with Gasteiger partial charge in [-0.05, 0) is 6.42 Å². The number of rotatable bonds is 6. The number of nitrogens with one attached hydrogen (secondary N) is 1. The zero-order chi connectivity index (χ0) is 11.1. The summed E-state index contributed by atoms with van der Waals surface area (Å²) >= 11 is 0. The van der Waals surface area contributed by atoms with E-state index < -0.39 is 0 Å². The minimum atomic E-state index is -0.144. The lowest BCUT2D eigenvalue weighted by Gasteiger charge is -2.00.